The molecule has 0 bridgehead atoms. The van der Waals surface area contributed by atoms with Crippen LogP contribution in [0.2, 0.25) is 0 Å². The predicted octanol–water partition coefficient (Wildman–Crippen LogP) is 7.97. The van der Waals surface area contributed by atoms with E-state index >= 15 is 0 Å². The SMILES string of the molecule is CCCCCCCCCCCCCCCC/C=C/CCCC1N=CC[N+]1(CC)CCNC(C)=O. The summed E-state index contributed by atoms with van der Waals surface area (Å²) >= 11 is 0. The number of rotatable bonds is 23. The van der Waals surface area contributed by atoms with Gasteiger partial charge in [0, 0.05) is 13.3 Å². The second-order valence-corrected chi connectivity index (χ2v) is 10.5. The Labute approximate surface area is 212 Å². The van der Waals surface area contributed by atoms with Crippen LogP contribution < -0.4 is 5.32 Å². The lowest BCUT2D eigenvalue weighted by Crippen LogP contribution is -2.55. The lowest BCUT2D eigenvalue weighted by molar-refractivity contribution is -0.935. The second kappa shape index (κ2) is 21.1. The zero-order valence-electron chi connectivity index (χ0n) is 23.2. The van der Waals surface area contributed by atoms with E-state index in [4.69, 9.17) is 4.99 Å². The van der Waals surface area contributed by atoms with Gasteiger partial charge in [-0.1, -0.05) is 103 Å². The van der Waals surface area contributed by atoms with Gasteiger partial charge in [-0.2, -0.15) is 0 Å². The van der Waals surface area contributed by atoms with Crippen molar-refractivity contribution in [2.45, 2.75) is 143 Å². The molecule has 2 atom stereocenters. The van der Waals surface area contributed by atoms with Gasteiger partial charge in [0.15, 0.2) is 6.17 Å². The zero-order valence-corrected chi connectivity index (χ0v) is 23.2. The third kappa shape index (κ3) is 15.0. The molecule has 0 radical (unpaired) electrons. The number of unbranched alkanes of at least 4 members (excludes halogenated alkanes) is 15. The van der Waals surface area contributed by atoms with Crippen LogP contribution in [0.4, 0.5) is 0 Å². The standard InChI is InChI=1S/C30H57N3O/c1-4-6-7-8-9-10-11-12-13-14-15-16-17-18-19-20-21-22-23-24-30-32-26-28-33(30,5-2)27-25-31-29(3)34/h20-21,26,30H,4-19,22-25,27-28H2,1-3H3/p+1/b21-20+. The number of likely N-dealkylation sites (N-methyl/N-ethyl adjacent to an activating group) is 1. The first-order valence-corrected chi connectivity index (χ1v) is 14.9. The minimum atomic E-state index is 0.0647. The number of amides is 1. The maximum atomic E-state index is 11.2. The smallest absolute Gasteiger partial charge is 0.217 e. The van der Waals surface area contributed by atoms with E-state index in [-0.39, 0.29) is 5.91 Å². The van der Waals surface area contributed by atoms with Gasteiger partial charge in [-0.15, -0.1) is 0 Å². The maximum Gasteiger partial charge on any atom is 0.217 e. The molecule has 0 spiro atoms. The summed E-state index contributed by atoms with van der Waals surface area (Å²) in [5.41, 5.74) is 0. The zero-order chi connectivity index (χ0) is 24.7. The Morgan fingerprint density at radius 3 is 1.91 bits per heavy atom. The monoisotopic (exact) mass is 476 g/mol. The fourth-order valence-corrected chi connectivity index (χ4v) is 5.25. The molecule has 198 valence electrons. The van der Waals surface area contributed by atoms with E-state index in [1.54, 1.807) is 6.92 Å². The van der Waals surface area contributed by atoms with Gasteiger partial charge in [-0.3, -0.25) is 9.28 Å². The number of aliphatic imine (C=N–C) groups is 1. The molecule has 4 heteroatoms. The quantitative estimate of drug-likeness (QED) is 0.0906. The highest BCUT2D eigenvalue weighted by Gasteiger charge is 2.37. The first kappa shape index (κ1) is 30.9. The molecule has 1 N–H and O–H groups in total. The number of carbonyl (C=O) groups excluding carboxylic acids is 1. The molecule has 1 aliphatic heterocycles. The largest absolute Gasteiger partial charge is 0.351 e. The molecule has 0 fully saturated rings. The molecule has 0 aliphatic carbocycles. The molecule has 1 aliphatic rings. The summed E-state index contributed by atoms with van der Waals surface area (Å²) in [6.07, 6.45) is 32.0. The van der Waals surface area contributed by atoms with E-state index in [1.807, 2.05) is 0 Å². The van der Waals surface area contributed by atoms with E-state index in [0.29, 0.717) is 6.17 Å². The van der Waals surface area contributed by atoms with Crippen molar-refractivity contribution in [2.24, 2.45) is 4.99 Å². The maximum absolute atomic E-state index is 11.2. The van der Waals surface area contributed by atoms with Crippen LogP contribution in [-0.2, 0) is 4.79 Å². The molecule has 0 saturated carbocycles. The molecule has 1 rings (SSSR count). The van der Waals surface area contributed by atoms with Crippen molar-refractivity contribution in [2.75, 3.05) is 26.2 Å². The summed E-state index contributed by atoms with van der Waals surface area (Å²) in [5, 5.41) is 2.96. The van der Waals surface area contributed by atoms with Gasteiger partial charge in [0.2, 0.25) is 5.91 Å². The van der Waals surface area contributed by atoms with Crippen LogP contribution >= 0.6 is 0 Å². The van der Waals surface area contributed by atoms with Crippen LogP contribution in [0, 0.1) is 0 Å². The molecular formula is C30H58N3O+. The number of hydrogen-bond acceptors (Lipinski definition) is 2. The molecule has 4 nitrogen and oxygen atoms in total. The number of carbonyl (C=O) groups is 1. The third-order valence-electron chi connectivity index (χ3n) is 7.64. The molecule has 0 aromatic carbocycles. The van der Waals surface area contributed by atoms with Crippen molar-refractivity contribution >= 4 is 12.1 Å². The van der Waals surface area contributed by atoms with Crippen molar-refractivity contribution in [1.29, 1.82) is 0 Å². The Morgan fingerprint density at radius 2 is 1.38 bits per heavy atom. The van der Waals surface area contributed by atoms with Gasteiger partial charge >= 0.3 is 0 Å². The van der Waals surface area contributed by atoms with Gasteiger partial charge < -0.3 is 5.32 Å². The van der Waals surface area contributed by atoms with Crippen molar-refractivity contribution in [3.63, 3.8) is 0 Å². The van der Waals surface area contributed by atoms with Crippen LogP contribution in [-0.4, -0.2) is 48.9 Å². The van der Waals surface area contributed by atoms with Crippen molar-refractivity contribution in [3.8, 4) is 0 Å². The molecule has 1 amide bonds. The lowest BCUT2D eigenvalue weighted by Gasteiger charge is -2.38. The van der Waals surface area contributed by atoms with Gasteiger partial charge in [0.05, 0.1) is 25.8 Å². The van der Waals surface area contributed by atoms with E-state index in [0.717, 1.165) is 37.1 Å². The Bertz CT molecular complexity index is 545. The Hall–Kier alpha value is -1.16. The van der Waals surface area contributed by atoms with Gasteiger partial charge in [0.1, 0.15) is 6.54 Å². The minimum Gasteiger partial charge on any atom is -0.351 e. The molecule has 34 heavy (non-hydrogen) atoms. The van der Waals surface area contributed by atoms with Crippen LogP contribution in [0.15, 0.2) is 17.1 Å². The molecular weight excluding hydrogens is 418 g/mol. The van der Waals surface area contributed by atoms with Gasteiger partial charge in [-0.25, -0.2) is 4.99 Å². The molecule has 2 unspecified atom stereocenters. The van der Waals surface area contributed by atoms with E-state index in [1.165, 1.54) is 109 Å². The van der Waals surface area contributed by atoms with Crippen LogP contribution in [0.3, 0.4) is 0 Å². The Morgan fingerprint density at radius 1 is 0.853 bits per heavy atom. The molecule has 0 saturated heterocycles. The number of nitrogens with one attached hydrogen (secondary N) is 1. The Kier molecular flexibility index (Phi) is 19.2. The summed E-state index contributed by atoms with van der Waals surface area (Å²) in [5.74, 6) is 0.0647. The van der Waals surface area contributed by atoms with E-state index in [9.17, 15) is 4.79 Å². The first-order valence-electron chi connectivity index (χ1n) is 14.9. The highest BCUT2D eigenvalue weighted by molar-refractivity contribution is 5.72. The summed E-state index contributed by atoms with van der Waals surface area (Å²) < 4.78 is 1.00. The average molecular weight is 477 g/mol. The normalized spacial score (nSPS) is 19.9. The average Bonchev–Trinajstić information content (AvgIpc) is 3.23. The van der Waals surface area contributed by atoms with Crippen molar-refractivity contribution in [1.82, 2.24) is 5.32 Å². The molecule has 0 aromatic heterocycles. The fraction of sp³-hybridized carbons (Fsp3) is 0.867. The van der Waals surface area contributed by atoms with Gasteiger partial charge in [-0.05, 0) is 32.6 Å². The number of quaternary nitrogens is 1. The highest BCUT2D eigenvalue weighted by Crippen LogP contribution is 2.23. The third-order valence-corrected chi connectivity index (χ3v) is 7.64. The summed E-state index contributed by atoms with van der Waals surface area (Å²) in [4.78, 5) is 16.0. The number of hydrogen-bond donors (Lipinski definition) is 1. The summed E-state index contributed by atoms with van der Waals surface area (Å²) in [6.45, 7) is 9.97. The van der Waals surface area contributed by atoms with Crippen molar-refractivity contribution in [3.05, 3.63) is 12.2 Å². The second-order valence-electron chi connectivity index (χ2n) is 10.5. The number of allylic oxidation sites excluding steroid dienone is 2. The van der Waals surface area contributed by atoms with Crippen LogP contribution in [0.5, 0.6) is 0 Å². The van der Waals surface area contributed by atoms with E-state index in [2.05, 4.69) is 37.5 Å². The van der Waals surface area contributed by atoms with Crippen molar-refractivity contribution < 1.29 is 9.28 Å². The number of nitrogens with zero attached hydrogens (tertiary/aromatic N) is 2. The van der Waals surface area contributed by atoms with Crippen LogP contribution in [0.1, 0.15) is 136 Å². The highest BCUT2D eigenvalue weighted by atomic mass is 16.1. The summed E-state index contributed by atoms with van der Waals surface area (Å²) in [7, 11) is 0. The lowest BCUT2D eigenvalue weighted by atomic mass is 10.0. The Balaban J connectivity index is 1.93. The molecule has 1 heterocycles. The van der Waals surface area contributed by atoms with Gasteiger partial charge in [0.25, 0.3) is 0 Å². The fourth-order valence-electron chi connectivity index (χ4n) is 5.25. The van der Waals surface area contributed by atoms with E-state index < -0.39 is 0 Å². The molecule has 0 aromatic rings. The van der Waals surface area contributed by atoms with Crippen LogP contribution in [0.25, 0.3) is 0 Å². The topological polar surface area (TPSA) is 41.5 Å². The summed E-state index contributed by atoms with van der Waals surface area (Å²) in [6, 6.07) is 0. The first-order chi connectivity index (χ1) is 16.6. The predicted molar refractivity (Wildman–Crippen MR) is 149 cm³/mol. The minimum absolute atomic E-state index is 0.0647.